The van der Waals surface area contributed by atoms with E-state index in [9.17, 15) is 17.6 Å². The lowest BCUT2D eigenvalue weighted by atomic mass is 10.1. The van der Waals surface area contributed by atoms with Gasteiger partial charge in [-0.25, -0.2) is 12.8 Å². The van der Waals surface area contributed by atoms with E-state index in [-0.39, 0.29) is 12.2 Å². The van der Waals surface area contributed by atoms with Gasteiger partial charge >= 0.3 is 0 Å². The SMILES string of the molecule is Cc1ccc(CN(CC(=O)Nc2ccc(Br)cc2F)S(C)(=O)=O)cc1. The standard InChI is InChI=1S/C17H18BrFN2O3S/c1-12-3-5-13(6-4-12)10-21(25(2,23)24)11-17(22)20-16-8-7-14(18)9-15(16)19/h3-9H,10-11H2,1-2H3,(H,20,22). The Morgan fingerprint density at radius 3 is 2.40 bits per heavy atom. The van der Waals surface area contributed by atoms with Gasteiger partial charge in [0, 0.05) is 11.0 Å². The first-order valence-electron chi connectivity index (χ1n) is 7.41. The van der Waals surface area contributed by atoms with Gasteiger partial charge in [0.15, 0.2) is 0 Å². The van der Waals surface area contributed by atoms with Gasteiger partial charge in [0.05, 0.1) is 18.5 Å². The molecule has 8 heteroatoms. The van der Waals surface area contributed by atoms with Crippen molar-refractivity contribution in [1.82, 2.24) is 4.31 Å². The highest BCUT2D eigenvalue weighted by Gasteiger charge is 2.21. The molecule has 0 aliphatic rings. The highest BCUT2D eigenvalue weighted by atomic mass is 79.9. The first-order chi connectivity index (χ1) is 11.6. The van der Waals surface area contributed by atoms with E-state index >= 15 is 0 Å². The van der Waals surface area contributed by atoms with Crippen LogP contribution in [0.25, 0.3) is 0 Å². The molecule has 0 atom stereocenters. The van der Waals surface area contributed by atoms with Gasteiger partial charge in [0.2, 0.25) is 15.9 Å². The van der Waals surface area contributed by atoms with Gasteiger partial charge in [-0.1, -0.05) is 45.8 Å². The molecular formula is C17H18BrFN2O3S. The molecule has 1 N–H and O–H groups in total. The second-order valence-electron chi connectivity index (χ2n) is 5.69. The van der Waals surface area contributed by atoms with E-state index in [1.807, 2.05) is 19.1 Å². The molecule has 2 rings (SSSR count). The number of benzene rings is 2. The van der Waals surface area contributed by atoms with Crippen molar-refractivity contribution in [2.75, 3.05) is 18.1 Å². The minimum atomic E-state index is -3.61. The molecule has 0 aliphatic carbocycles. The van der Waals surface area contributed by atoms with E-state index in [1.54, 1.807) is 18.2 Å². The third-order valence-corrected chi connectivity index (χ3v) is 5.16. The highest BCUT2D eigenvalue weighted by molar-refractivity contribution is 9.10. The van der Waals surface area contributed by atoms with Crippen LogP contribution in [0.4, 0.5) is 10.1 Å². The predicted octanol–water partition coefficient (Wildman–Crippen LogP) is 3.30. The molecule has 0 fully saturated rings. The Bertz CT molecular complexity index is 870. The van der Waals surface area contributed by atoms with Crippen LogP contribution < -0.4 is 5.32 Å². The predicted molar refractivity (Wildman–Crippen MR) is 99.2 cm³/mol. The Kier molecular flexibility index (Phi) is 6.31. The number of anilines is 1. The van der Waals surface area contributed by atoms with Crippen molar-refractivity contribution < 1.29 is 17.6 Å². The summed E-state index contributed by atoms with van der Waals surface area (Å²) in [5.41, 5.74) is 1.81. The van der Waals surface area contributed by atoms with Gasteiger partial charge in [0.25, 0.3) is 0 Å². The Morgan fingerprint density at radius 2 is 1.84 bits per heavy atom. The number of nitrogens with zero attached hydrogens (tertiary/aromatic N) is 1. The van der Waals surface area contributed by atoms with E-state index in [2.05, 4.69) is 21.2 Å². The summed E-state index contributed by atoms with van der Waals surface area (Å²) in [7, 11) is -3.61. The summed E-state index contributed by atoms with van der Waals surface area (Å²) in [4.78, 5) is 12.2. The number of halogens is 2. The van der Waals surface area contributed by atoms with Crippen molar-refractivity contribution in [3.05, 3.63) is 63.9 Å². The second kappa shape index (κ2) is 8.07. The Labute approximate surface area is 155 Å². The zero-order chi connectivity index (χ0) is 18.6. The number of amides is 1. The lowest BCUT2D eigenvalue weighted by Gasteiger charge is -2.20. The van der Waals surface area contributed by atoms with Crippen LogP contribution in [0.15, 0.2) is 46.9 Å². The molecule has 0 bridgehead atoms. The number of rotatable bonds is 6. The molecular weight excluding hydrogens is 411 g/mol. The van der Waals surface area contributed by atoms with Crippen LogP contribution in [0.2, 0.25) is 0 Å². The maximum Gasteiger partial charge on any atom is 0.239 e. The number of carbonyl (C=O) groups is 1. The zero-order valence-corrected chi connectivity index (χ0v) is 16.2. The molecule has 0 aliphatic heterocycles. The monoisotopic (exact) mass is 428 g/mol. The number of hydrogen-bond donors (Lipinski definition) is 1. The summed E-state index contributed by atoms with van der Waals surface area (Å²) in [6.45, 7) is 1.59. The molecule has 25 heavy (non-hydrogen) atoms. The molecule has 134 valence electrons. The average Bonchev–Trinajstić information content (AvgIpc) is 2.50. The van der Waals surface area contributed by atoms with E-state index in [4.69, 9.17) is 0 Å². The minimum absolute atomic E-state index is 0.00279. The normalized spacial score (nSPS) is 11.6. The van der Waals surface area contributed by atoms with E-state index < -0.39 is 28.3 Å². The number of nitrogens with one attached hydrogen (secondary N) is 1. The fourth-order valence-electron chi connectivity index (χ4n) is 2.13. The largest absolute Gasteiger partial charge is 0.322 e. The zero-order valence-electron chi connectivity index (χ0n) is 13.8. The number of carbonyl (C=O) groups excluding carboxylic acids is 1. The summed E-state index contributed by atoms with van der Waals surface area (Å²) in [6, 6.07) is 11.6. The van der Waals surface area contributed by atoms with E-state index in [0.29, 0.717) is 4.47 Å². The molecule has 2 aromatic rings. The summed E-state index contributed by atoms with van der Waals surface area (Å²) < 4.78 is 39.3. The van der Waals surface area contributed by atoms with Crippen molar-refractivity contribution in [2.45, 2.75) is 13.5 Å². The first kappa shape index (κ1) is 19.6. The van der Waals surface area contributed by atoms with E-state index in [1.165, 1.54) is 12.1 Å². The Morgan fingerprint density at radius 1 is 1.20 bits per heavy atom. The molecule has 0 unspecified atom stereocenters. The number of hydrogen-bond acceptors (Lipinski definition) is 3. The molecule has 5 nitrogen and oxygen atoms in total. The molecule has 0 saturated carbocycles. The number of sulfonamides is 1. The van der Waals surface area contributed by atoms with Crippen molar-refractivity contribution in [1.29, 1.82) is 0 Å². The van der Waals surface area contributed by atoms with Crippen LogP contribution in [0.1, 0.15) is 11.1 Å². The van der Waals surface area contributed by atoms with E-state index in [0.717, 1.165) is 21.7 Å². The van der Waals surface area contributed by atoms with Crippen LogP contribution in [0, 0.1) is 12.7 Å². The topological polar surface area (TPSA) is 66.5 Å². The van der Waals surface area contributed by atoms with Crippen molar-refractivity contribution >= 4 is 37.5 Å². The van der Waals surface area contributed by atoms with Gasteiger partial charge < -0.3 is 5.32 Å². The smallest absolute Gasteiger partial charge is 0.239 e. The molecule has 0 spiro atoms. The quantitative estimate of drug-likeness (QED) is 0.767. The molecule has 2 aromatic carbocycles. The molecule has 0 radical (unpaired) electrons. The van der Waals surface area contributed by atoms with Crippen LogP contribution >= 0.6 is 15.9 Å². The highest BCUT2D eigenvalue weighted by Crippen LogP contribution is 2.19. The van der Waals surface area contributed by atoms with Crippen LogP contribution in [0.3, 0.4) is 0 Å². The average molecular weight is 429 g/mol. The van der Waals surface area contributed by atoms with Crippen LogP contribution in [-0.2, 0) is 21.4 Å². The molecule has 1 amide bonds. The van der Waals surface area contributed by atoms with Crippen LogP contribution in [-0.4, -0.2) is 31.4 Å². The fraction of sp³-hybridized carbons (Fsp3) is 0.235. The summed E-state index contributed by atoms with van der Waals surface area (Å²) in [5.74, 6) is -1.22. The maximum atomic E-state index is 13.8. The maximum absolute atomic E-state index is 13.8. The van der Waals surface area contributed by atoms with Crippen LogP contribution in [0.5, 0.6) is 0 Å². The van der Waals surface area contributed by atoms with Gasteiger partial charge in [-0.2, -0.15) is 4.31 Å². The second-order valence-corrected chi connectivity index (χ2v) is 8.59. The lowest BCUT2D eigenvalue weighted by Crippen LogP contribution is -2.37. The third-order valence-electron chi connectivity index (χ3n) is 3.47. The molecule has 0 heterocycles. The summed E-state index contributed by atoms with van der Waals surface area (Å²) >= 11 is 3.13. The van der Waals surface area contributed by atoms with Crippen molar-refractivity contribution in [3.8, 4) is 0 Å². The van der Waals surface area contributed by atoms with Gasteiger partial charge in [0.1, 0.15) is 5.82 Å². The molecule has 0 aromatic heterocycles. The first-order valence-corrected chi connectivity index (χ1v) is 10.0. The van der Waals surface area contributed by atoms with Crippen molar-refractivity contribution in [3.63, 3.8) is 0 Å². The minimum Gasteiger partial charge on any atom is -0.322 e. The van der Waals surface area contributed by atoms with Gasteiger partial charge in [-0.05, 0) is 30.7 Å². The fourth-order valence-corrected chi connectivity index (χ4v) is 3.20. The lowest BCUT2D eigenvalue weighted by molar-refractivity contribution is -0.116. The third kappa shape index (κ3) is 5.91. The summed E-state index contributed by atoms with van der Waals surface area (Å²) in [6.07, 6.45) is 1.04. The van der Waals surface area contributed by atoms with Gasteiger partial charge in [-0.3, -0.25) is 4.79 Å². The Hall–Kier alpha value is -1.77. The molecule has 0 saturated heterocycles. The van der Waals surface area contributed by atoms with Gasteiger partial charge in [-0.15, -0.1) is 0 Å². The van der Waals surface area contributed by atoms with Crippen molar-refractivity contribution in [2.24, 2.45) is 0 Å². The summed E-state index contributed by atoms with van der Waals surface area (Å²) in [5, 5.41) is 2.39. The number of aryl methyl sites for hydroxylation is 1. The Balaban J connectivity index is 2.11.